The maximum absolute atomic E-state index is 5.95. The molecule has 0 N–H and O–H groups in total. The zero-order chi connectivity index (χ0) is 22.0. The van der Waals surface area contributed by atoms with Crippen molar-refractivity contribution in [2.45, 2.75) is 48.4 Å². The molecular weight excluding hydrogens is 717 g/mol. The predicted octanol–water partition coefficient (Wildman–Crippen LogP) is 8.69. The van der Waals surface area contributed by atoms with E-state index >= 15 is 0 Å². The fourth-order valence-corrected chi connectivity index (χ4v) is 7.73. The fourth-order valence-electron chi connectivity index (χ4n) is 5.94. The molecule has 3 aliphatic rings. The topological polar surface area (TPSA) is 0 Å². The van der Waals surface area contributed by atoms with Crippen LogP contribution in [-0.4, -0.2) is 3.42 Å². The van der Waals surface area contributed by atoms with Crippen LogP contribution in [0.1, 0.15) is 61.8 Å². The van der Waals surface area contributed by atoms with E-state index in [2.05, 4.69) is 130 Å². The molecule has 0 saturated carbocycles. The average Bonchev–Trinajstić information content (AvgIpc) is 3.12. The zero-order valence-corrected chi connectivity index (χ0v) is 24.1. The molecule has 2 unspecified atom stereocenters. The molecule has 0 aliphatic heterocycles. The highest BCUT2D eigenvalue weighted by Gasteiger charge is 2.55. The number of hydrogen-bond acceptors (Lipinski definition) is 0. The summed E-state index contributed by atoms with van der Waals surface area (Å²) in [6.07, 6.45) is 14.9. The van der Waals surface area contributed by atoms with E-state index in [1.165, 1.54) is 53.4 Å². The van der Waals surface area contributed by atoms with Crippen molar-refractivity contribution in [3.8, 4) is 12.3 Å². The van der Waals surface area contributed by atoms with Gasteiger partial charge in [0.15, 0.2) is 0 Å². The molecule has 0 radical (unpaired) electrons. The van der Waals surface area contributed by atoms with Crippen LogP contribution in [0.25, 0.3) is 11.1 Å². The largest absolute Gasteiger partial charge is 0.115 e. The molecule has 31 heavy (non-hydrogen) atoms. The lowest BCUT2D eigenvalue weighted by Gasteiger charge is -2.34. The van der Waals surface area contributed by atoms with Crippen molar-refractivity contribution in [3.63, 3.8) is 0 Å². The number of hydrogen-bond donors (Lipinski definition) is 0. The zero-order valence-electron chi connectivity index (χ0n) is 17.7. The summed E-state index contributed by atoms with van der Waals surface area (Å²) in [6.45, 7) is 4.56. The highest BCUT2D eigenvalue weighted by Crippen LogP contribution is 2.65. The van der Waals surface area contributed by atoms with Crippen molar-refractivity contribution in [1.82, 2.24) is 0 Å². The van der Waals surface area contributed by atoms with Crippen LogP contribution in [0.15, 0.2) is 59.7 Å². The number of halogens is 3. The summed E-state index contributed by atoms with van der Waals surface area (Å²) in [6, 6.07) is 13.7. The molecule has 0 heterocycles. The van der Waals surface area contributed by atoms with Crippen LogP contribution >= 0.6 is 67.8 Å². The molecular formula is C28H23I3. The molecule has 3 aliphatic carbocycles. The normalized spacial score (nSPS) is 29.2. The van der Waals surface area contributed by atoms with Crippen molar-refractivity contribution in [2.75, 3.05) is 0 Å². The van der Waals surface area contributed by atoms with Gasteiger partial charge in [-0.3, -0.25) is 0 Å². The number of benzene rings is 2. The van der Waals surface area contributed by atoms with Gasteiger partial charge in [-0.2, -0.15) is 0 Å². The summed E-state index contributed by atoms with van der Waals surface area (Å²) >= 11 is 7.76. The van der Waals surface area contributed by atoms with Crippen LogP contribution in [0.5, 0.6) is 0 Å². The Morgan fingerprint density at radius 2 is 1.77 bits per heavy atom. The number of allylic oxidation sites excluding steroid dienone is 6. The van der Waals surface area contributed by atoms with Gasteiger partial charge in [0, 0.05) is 10.6 Å². The Hall–Kier alpha value is -0.590. The van der Waals surface area contributed by atoms with Crippen molar-refractivity contribution in [1.29, 1.82) is 0 Å². The molecule has 2 aromatic rings. The van der Waals surface area contributed by atoms with Gasteiger partial charge in [0.05, 0.1) is 5.41 Å². The Balaban J connectivity index is 1.95. The lowest BCUT2D eigenvalue weighted by molar-refractivity contribution is 0.574. The molecule has 3 heteroatoms. The second-order valence-corrected chi connectivity index (χ2v) is 13.7. The standard InChI is InChI=1S/C28H23I3/c1-4-8-20-17(5-2)18-9-6-7-10-21(18)28(20)22-14-16-27(3,31)15-13-19(22)25-23(28)11-12-24(29)26(25)30/h1,5-12H,13-16H2,2-3H3/b17-5-,20-8+. The minimum Gasteiger partial charge on any atom is -0.115 e. The average molecular weight is 740 g/mol. The first-order valence-electron chi connectivity index (χ1n) is 10.7. The number of rotatable bonds is 0. The summed E-state index contributed by atoms with van der Waals surface area (Å²) in [4.78, 5) is 0. The summed E-state index contributed by atoms with van der Waals surface area (Å²) in [5.74, 6) is 2.91. The van der Waals surface area contributed by atoms with Gasteiger partial charge >= 0.3 is 0 Å². The predicted molar refractivity (Wildman–Crippen MR) is 157 cm³/mol. The number of alkyl halides is 1. The second-order valence-electron chi connectivity index (χ2n) is 8.88. The highest BCUT2D eigenvalue weighted by molar-refractivity contribution is 14.1. The summed E-state index contributed by atoms with van der Waals surface area (Å²) in [5.41, 5.74) is 11.2. The van der Waals surface area contributed by atoms with E-state index in [-0.39, 0.29) is 5.41 Å². The van der Waals surface area contributed by atoms with E-state index < -0.39 is 0 Å². The SMILES string of the molecule is C#C/C=C1\C(=C/C)c2ccccc2C12C1=C(CCC(C)(I)CC1)c1c2ccc(I)c1I. The van der Waals surface area contributed by atoms with E-state index in [0.717, 1.165) is 12.8 Å². The third kappa shape index (κ3) is 3.10. The van der Waals surface area contributed by atoms with Gasteiger partial charge in [-0.25, -0.2) is 0 Å². The number of fused-ring (bicyclic) bond motifs is 6. The van der Waals surface area contributed by atoms with Crippen LogP contribution in [0.3, 0.4) is 0 Å². The second kappa shape index (κ2) is 8.02. The molecule has 2 atom stereocenters. The summed E-state index contributed by atoms with van der Waals surface area (Å²) in [7, 11) is 0. The Bertz CT molecular complexity index is 1250. The molecule has 5 rings (SSSR count). The van der Waals surface area contributed by atoms with E-state index in [9.17, 15) is 0 Å². The van der Waals surface area contributed by atoms with Gasteiger partial charge < -0.3 is 0 Å². The first kappa shape index (κ1) is 22.2. The lowest BCUT2D eigenvalue weighted by Crippen LogP contribution is -2.28. The maximum atomic E-state index is 5.95. The molecule has 156 valence electrons. The third-order valence-corrected chi connectivity index (χ3v) is 11.4. The fraction of sp³-hybridized carbons (Fsp3) is 0.286. The van der Waals surface area contributed by atoms with E-state index in [4.69, 9.17) is 6.42 Å². The van der Waals surface area contributed by atoms with Crippen molar-refractivity contribution in [2.24, 2.45) is 0 Å². The molecule has 0 bridgehead atoms. The molecule has 0 nitrogen and oxygen atoms in total. The third-order valence-electron chi connectivity index (χ3n) is 7.24. The number of terminal acetylenes is 1. The van der Waals surface area contributed by atoms with Crippen LogP contribution in [0.4, 0.5) is 0 Å². The minimum absolute atomic E-state index is 0.253. The maximum Gasteiger partial charge on any atom is 0.0691 e. The molecule has 0 amide bonds. The van der Waals surface area contributed by atoms with Crippen molar-refractivity contribution in [3.05, 3.63) is 89.1 Å². The van der Waals surface area contributed by atoms with Gasteiger partial charge in [0.1, 0.15) is 0 Å². The van der Waals surface area contributed by atoms with Crippen LogP contribution in [0.2, 0.25) is 0 Å². The Morgan fingerprint density at radius 3 is 2.52 bits per heavy atom. The van der Waals surface area contributed by atoms with E-state index in [1.54, 1.807) is 11.1 Å². The van der Waals surface area contributed by atoms with Crippen molar-refractivity contribution < 1.29 is 0 Å². The molecule has 0 fully saturated rings. The summed E-state index contributed by atoms with van der Waals surface area (Å²) in [5, 5.41) is 0. The minimum atomic E-state index is -0.253. The Morgan fingerprint density at radius 1 is 1.03 bits per heavy atom. The van der Waals surface area contributed by atoms with Crippen LogP contribution < -0.4 is 0 Å². The van der Waals surface area contributed by atoms with Gasteiger partial charge in [0.2, 0.25) is 0 Å². The molecule has 0 saturated heterocycles. The quantitative estimate of drug-likeness (QED) is 0.144. The smallest absolute Gasteiger partial charge is 0.0691 e. The summed E-state index contributed by atoms with van der Waals surface area (Å²) < 4.78 is 3.06. The Labute approximate surface area is 226 Å². The van der Waals surface area contributed by atoms with Gasteiger partial charge in [-0.15, -0.1) is 6.42 Å². The van der Waals surface area contributed by atoms with Gasteiger partial charge in [-0.05, 0) is 134 Å². The van der Waals surface area contributed by atoms with E-state index in [1.807, 2.05) is 6.08 Å². The highest BCUT2D eigenvalue weighted by atomic mass is 127. The van der Waals surface area contributed by atoms with Gasteiger partial charge in [-0.1, -0.05) is 71.8 Å². The van der Waals surface area contributed by atoms with E-state index in [0.29, 0.717) is 3.42 Å². The first-order chi connectivity index (χ1) is 14.9. The molecule has 1 spiro atoms. The molecule has 2 aromatic carbocycles. The van der Waals surface area contributed by atoms with Crippen molar-refractivity contribution >= 4 is 78.9 Å². The van der Waals surface area contributed by atoms with Crippen LogP contribution in [-0.2, 0) is 5.41 Å². The van der Waals surface area contributed by atoms with Crippen LogP contribution in [0, 0.1) is 19.5 Å². The monoisotopic (exact) mass is 740 g/mol. The Kier molecular flexibility index (Phi) is 5.75. The molecule has 0 aromatic heterocycles. The lowest BCUT2D eigenvalue weighted by atomic mass is 9.68. The van der Waals surface area contributed by atoms with Gasteiger partial charge in [0.25, 0.3) is 0 Å². The first-order valence-corrected chi connectivity index (χ1v) is 13.9.